The van der Waals surface area contributed by atoms with Gasteiger partial charge in [0.2, 0.25) is 0 Å². The van der Waals surface area contributed by atoms with Gasteiger partial charge >= 0.3 is 12.0 Å². The Morgan fingerprint density at radius 2 is 2.29 bits per heavy atom. The average Bonchev–Trinajstić information content (AvgIpc) is 2.42. The van der Waals surface area contributed by atoms with Gasteiger partial charge in [-0.3, -0.25) is 4.79 Å². The Labute approximate surface area is 125 Å². The largest absolute Gasteiger partial charge is 0.481 e. The van der Waals surface area contributed by atoms with Crippen molar-refractivity contribution < 1.29 is 23.8 Å². The molecule has 1 atom stereocenters. The van der Waals surface area contributed by atoms with E-state index >= 15 is 0 Å². The van der Waals surface area contributed by atoms with E-state index in [0.29, 0.717) is 6.61 Å². The first kappa shape index (κ1) is 15.5. The topological polar surface area (TPSA) is 78.9 Å². The highest BCUT2D eigenvalue weighted by Gasteiger charge is 2.29. The number of carboxylic acid groups (broad SMARTS) is 1. The molecule has 1 heterocycles. The van der Waals surface area contributed by atoms with Crippen LogP contribution in [0.5, 0.6) is 0 Å². The molecule has 2 rings (SSSR count). The van der Waals surface area contributed by atoms with Crippen LogP contribution in [0, 0.1) is 5.82 Å². The van der Waals surface area contributed by atoms with Crippen molar-refractivity contribution in [3.8, 4) is 0 Å². The second kappa shape index (κ2) is 6.73. The zero-order valence-electron chi connectivity index (χ0n) is 11.0. The molecule has 1 aromatic carbocycles. The number of rotatable bonds is 3. The van der Waals surface area contributed by atoms with E-state index in [1.54, 1.807) is 0 Å². The van der Waals surface area contributed by atoms with E-state index in [-0.39, 0.29) is 30.3 Å². The summed E-state index contributed by atoms with van der Waals surface area (Å²) in [5.41, 5.74) is -0.0481. The normalized spacial score (nSPS) is 18.4. The minimum atomic E-state index is -1.03. The maximum atomic E-state index is 13.6. The summed E-state index contributed by atoms with van der Waals surface area (Å²) in [6.45, 7) is 0.686. The van der Waals surface area contributed by atoms with E-state index in [1.165, 1.54) is 17.0 Å². The van der Waals surface area contributed by atoms with Crippen LogP contribution in [0.4, 0.5) is 14.9 Å². The number of carboxylic acids is 1. The Bertz CT molecular complexity index is 555. The number of amides is 2. The van der Waals surface area contributed by atoms with Crippen LogP contribution in [-0.2, 0) is 9.53 Å². The molecule has 2 amide bonds. The number of carbonyl (C=O) groups is 2. The standard InChI is InChI=1S/C13H14ClFN2O4/c14-8-1-2-10(15)11(5-8)16-13(20)17-3-4-21-7-9(17)6-12(18)19/h1-2,5,9H,3-4,6-7H2,(H,16,20)(H,18,19). The number of halogens is 2. The van der Waals surface area contributed by atoms with Crippen molar-refractivity contribution in [1.29, 1.82) is 0 Å². The molecular weight excluding hydrogens is 303 g/mol. The number of hydrogen-bond donors (Lipinski definition) is 2. The van der Waals surface area contributed by atoms with Gasteiger partial charge in [0, 0.05) is 11.6 Å². The highest BCUT2D eigenvalue weighted by atomic mass is 35.5. The minimum absolute atomic E-state index is 0.0481. The molecule has 0 aliphatic carbocycles. The lowest BCUT2D eigenvalue weighted by atomic mass is 10.1. The molecule has 2 N–H and O–H groups in total. The predicted octanol–water partition coefficient (Wildman–Crippen LogP) is 2.19. The summed E-state index contributed by atoms with van der Waals surface area (Å²) in [6.07, 6.45) is -0.231. The smallest absolute Gasteiger partial charge is 0.322 e. The van der Waals surface area contributed by atoms with Gasteiger partial charge in [0.1, 0.15) is 5.82 Å². The number of anilines is 1. The van der Waals surface area contributed by atoms with Crippen LogP contribution in [-0.4, -0.2) is 47.8 Å². The van der Waals surface area contributed by atoms with Gasteiger partial charge in [-0.1, -0.05) is 11.6 Å². The van der Waals surface area contributed by atoms with E-state index < -0.39 is 23.9 Å². The van der Waals surface area contributed by atoms with Gasteiger partial charge in [-0.25, -0.2) is 9.18 Å². The van der Waals surface area contributed by atoms with Gasteiger partial charge in [0.15, 0.2) is 0 Å². The molecule has 1 aliphatic rings. The zero-order valence-corrected chi connectivity index (χ0v) is 11.8. The van der Waals surface area contributed by atoms with Gasteiger partial charge < -0.3 is 20.1 Å². The second-order valence-electron chi connectivity index (χ2n) is 4.57. The monoisotopic (exact) mass is 316 g/mol. The van der Waals surface area contributed by atoms with Gasteiger partial charge in [-0.05, 0) is 18.2 Å². The van der Waals surface area contributed by atoms with Gasteiger partial charge in [-0.2, -0.15) is 0 Å². The maximum absolute atomic E-state index is 13.6. The summed E-state index contributed by atoms with van der Waals surface area (Å²) in [4.78, 5) is 24.3. The third-order valence-electron chi connectivity index (χ3n) is 3.07. The van der Waals surface area contributed by atoms with Crippen molar-refractivity contribution in [1.82, 2.24) is 4.90 Å². The Balaban J connectivity index is 2.10. The van der Waals surface area contributed by atoms with E-state index in [0.717, 1.165) is 6.07 Å². The van der Waals surface area contributed by atoms with Crippen molar-refractivity contribution in [2.24, 2.45) is 0 Å². The number of carbonyl (C=O) groups excluding carboxylic acids is 1. The third-order valence-corrected chi connectivity index (χ3v) is 3.30. The number of nitrogens with one attached hydrogen (secondary N) is 1. The Morgan fingerprint density at radius 1 is 1.52 bits per heavy atom. The summed E-state index contributed by atoms with van der Waals surface area (Å²) in [7, 11) is 0. The molecule has 0 bridgehead atoms. The number of morpholine rings is 1. The lowest BCUT2D eigenvalue weighted by molar-refractivity contribution is -0.139. The predicted molar refractivity (Wildman–Crippen MR) is 74.0 cm³/mol. The summed E-state index contributed by atoms with van der Waals surface area (Å²) in [5, 5.41) is 11.5. The van der Waals surface area contributed by atoms with Crippen molar-refractivity contribution >= 4 is 29.3 Å². The van der Waals surface area contributed by atoms with Crippen LogP contribution in [0.25, 0.3) is 0 Å². The molecule has 0 spiro atoms. The Morgan fingerprint density at radius 3 is 3.00 bits per heavy atom. The van der Waals surface area contributed by atoms with Crippen molar-refractivity contribution in [3.05, 3.63) is 29.0 Å². The lowest BCUT2D eigenvalue weighted by Gasteiger charge is -2.34. The van der Waals surface area contributed by atoms with Crippen LogP contribution in [0.2, 0.25) is 5.02 Å². The zero-order chi connectivity index (χ0) is 15.4. The molecule has 21 heavy (non-hydrogen) atoms. The van der Waals surface area contributed by atoms with E-state index in [1.807, 2.05) is 0 Å². The van der Waals surface area contributed by atoms with E-state index in [4.69, 9.17) is 21.4 Å². The number of benzene rings is 1. The third kappa shape index (κ3) is 4.05. The van der Waals surface area contributed by atoms with Crippen LogP contribution in [0.1, 0.15) is 6.42 Å². The number of nitrogens with zero attached hydrogens (tertiary/aromatic N) is 1. The average molecular weight is 317 g/mol. The highest BCUT2D eigenvalue weighted by molar-refractivity contribution is 6.30. The summed E-state index contributed by atoms with van der Waals surface area (Å²) < 4.78 is 18.8. The fourth-order valence-corrected chi connectivity index (χ4v) is 2.25. The van der Waals surface area contributed by atoms with Crippen LogP contribution < -0.4 is 5.32 Å². The fraction of sp³-hybridized carbons (Fsp3) is 0.385. The molecule has 1 saturated heterocycles. The number of aliphatic carboxylic acids is 1. The molecule has 0 aromatic heterocycles. The first-order valence-electron chi connectivity index (χ1n) is 6.29. The molecule has 6 nitrogen and oxygen atoms in total. The number of hydrogen-bond acceptors (Lipinski definition) is 3. The molecule has 8 heteroatoms. The van der Waals surface area contributed by atoms with Crippen molar-refractivity contribution in [2.45, 2.75) is 12.5 Å². The van der Waals surface area contributed by atoms with E-state index in [2.05, 4.69) is 5.32 Å². The first-order chi connectivity index (χ1) is 9.97. The molecule has 1 aliphatic heterocycles. The number of ether oxygens (including phenoxy) is 1. The van der Waals surface area contributed by atoms with Crippen molar-refractivity contribution in [3.63, 3.8) is 0 Å². The molecule has 0 saturated carbocycles. The van der Waals surface area contributed by atoms with E-state index in [9.17, 15) is 14.0 Å². The van der Waals surface area contributed by atoms with Gasteiger partial charge in [0.25, 0.3) is 0 Å². The maximum Gasteiger partial charge on any atom is 0.322 e. The molecule has 0 radical (unpaired) electrons. The molecule has 1 unspecified atom stereocenters. The Hall–Kier alpha value is -1.86. The summed E-state index contributed by atoms with van der Waals surface area (Å²) in [6, 6.07) is 2.64. The van der Waals surface area contributed by atoms with Crippen LogP contribution in [0.3, 0.4) is 0 Å². The highest BCUT2D eigenvalue weighted by Crippen LogP contribution is 2.21. The number of urea groups is 1. The molecule has 1 fully saturated rings. The van der Waals surface area contributed by atoms with Crippen LogP contribution in [0.15, 0.2) is 18.2 Å². The van der Waals surface area contributed by atoms with Gasteiger partial charge in [-0.15, -0.1) is 0 Å². The summed E-state index contributed by atoms with van der Waals surface area (Å²) in [5.74, 6) is -1.65. The molecule has 1 aromatic rings. The molecular formula is C13H14ClFN2O4. The molecule has 114 valence electrons. The SMILES string of the molecule is O=C(O)CC1COCCN1C(=O)Nc1cc(Cl)ccc1F. The second-order valence-corrected chi connectivity index (χ2v) is 5.01. The quantitative estimate of drug-likeness (QED) is 0.896. The fourth-order valence-electron chi connectivity index (χ4n) is 2.07. The Kier molecular flexibility index (Phi) is 4.98. The van der Waals surface area contributed by atoms with Gasteiger partial charge in [0.05, 0.1) is 31.4 Å². The lowest BCUT2D eigenvalue weighted by Crippen LogP contribution is -2.51. The summed E-state index contributed by atoms with van der Waals surface area (Å²) >= 11 is 5.75. The van der Waals surface area contributed by atoms with Crippen LogP contribution >= 0.6 is 11.6 Å². The first-order valence-corrected chi connectivity index (χ1v) is 6.67. The minimum Gasteiger partial charge on any atom is -0.481 e. The van der Waals surface area contributed by atoms with Crippen molar-refractivity contribution in [2.75, 3.05) is 25.1 Å².